The molecular weight excluding hydrogens is 305 g/mol. The molecule has 0 aromatic heterocycles. The molecule has 4 nitrogen and oxygen atoms in total. The molecule has 2 aliphatic rings. The fourth-order valence-electron chi connectivity index (χ4n) is 3.49. The Balaban J connectivity index is 1.59. The van der Waals surface area contributed by atoms with Gasteiger partial charge in [-0.2, -0.15) is 5.26 Å². The Morgan fingerprint density at radius 3 is 2.46 bits per heavy atom. The van der Waals surface area contributed by atoms with Crippen molar-refractivity contribution in [2.24, 2.45) is 5.92 Å². The first-order chi connectivity index (χ1) is 11.7. The van der Waals surface area contributed by atoms with Gasteiger partial charge in [0.2, 0.25) is 5.91 Å². The summed E-state index contributed by atoms with van der Waals surface area (Å²) in [4.78, 5) is 16.6. The number of nitrogens with zero attached hydrogens (tertiary/aromatic N) is 3. The number of hydrogen-bond donors (Lipinski definition) is 0. The summed E-state index contributed by atoms with van der Waals surface area (Å²) in [5.41, 5.74) is 0.802. The lowest BCUT2D eigenvalue weighted by Crippen LogP contribution is -2.51. The molecule has 1 amide bonds. The third-order valence-electron chi connectivity index (χ3n) is 4.92. The van der Waals surface area contributed by atoms with Gasteiger partial charge in [-0.3, -0.25) is 9.69 Å². The van der Waals surface area contributed by atoms with Crippen molar-refractivity contribution in [3.63, 3.8) is 0 Å². The van der Waals surface area contributed by atoms with Crippen LogP contribution in [0.4, 0.5) is 4.39 Å². The van der Waals surface area contributed by atoms with E-state index in [4.69, 9.17) is 0 Å². The van der Waals surface area contributed by atoms with Crippen LogP contribution in [-0.2, 0) is 4.79 Å². The Kier molecular flexibility index (Phi) is 5.27. The number of carbonyl (C=O) groups is 1. The average Bonchev–Trinajstić information content (AvgIpc) is 2.64. The van der Waals surface area contributed by atoms with Gasteiger partial charge >= 0.3 is 0 Å². The van der Waals surface area contributed by atoms with Crippen molar-refractivity contribution in [1.29, 1.82) is 5.26 Å². The Hall–Kier alpha value is -2.19. The minimum atomic E-state index is -0.388. The number of nitriles is 1. The third kappa shape index (κ3) is 3.65. The maximum atomic E-state index is 13.1. The summed E-state index contributed by atoms with van der Waals surface area (Å²) >= 11 is 0. The number of carbonyl (C=O) groups excluding carboxylic acids is 1. The molecule has 1 aliphatic heterocycles. The quantitative estimate of drug-likeness (QED) is 0.802. The van der Waals surface area contributed by atoms with E-state index in [9.17, 15) is 14.4 Å². The van der Waals surface area contributed by atoms with Gasteiger partial charge in [0.15, 0.2) is 0 Å². The van der Waals surface area contributed by atoms with Crippen molar-refractivity contribution in [2.75, 3.05) is 26.2 Å². The highest BCUT2D eigenvalue weighted by atomic mass is 19.1. The molecule has 24 heavy (non-hydrogen) atoms. The van der Waals surface area contributed by atoms with Crippen molar-refractivity contribution in [3.8, 4) is 6.07 Å². The highest BCUT2D eigenvalue weighted by Crippen LogP contribution is 2.24. The minimum absolute atomic E-state index is 0.116. The summed E-state index contributed by atoms with van der Waals surface area (Å²) < 4.78 is 13.1. The Labute approximate surface area is 142 Å². The molecule has 1 heterocycles. The second-order valence-corrected chi connectivity index (χ2v) is 6.43. The van der Waals surface area contributed by atoms with Crippen LogP contribution in [0.3, 0.4) is 0 Å². The standard InChI is InChI=1S/C19H22FN3O/c20-17-8-6-15(7-9-17)18(14-21)22-10-12-23(13-11-22)19(24)16-4-2-1-3-5-16/h1-2,6-9,16,18H,3-5,10-13H2/t16-,18-/m1/s1. The van der Waals surface area contributed by atoms with E-state index in [1.54, 1.807) is 12.1 Å². The number of piperazine rings is 1. The first-order valence-corrected chi connectivity index (χ1v) is 8.52. The molecule has 0 spiro atoms. The fourth-order valence-corrected chi connectivity index (χ4v) is 3.49. The van der Waals surface area contributed by atoms with E-state index < -0.39 is 0 Å². The second-order valence-electron chi connectivity index (χ2n) is 6.43. The number of hydrogen-bond acceptors (Lipinski definition) is 3. The summed E-state index contributed by atoms with van der Waals surface area (Å²) in [5, 5.41) is 9.51. The van der Waals surface area contributed by atoms with E-state index >= 15 is 0 Å². The zero-order chi connectivity index (χ0) is 16.9. The van der Waals surface area contributed by atoms with E-state index in [0.29, 0.717) is 26.2 Å². The molecule has 0 N–H and O–H groups in total. The summed E-state index contributed by atoms with van der Waals surface area (Å²) in [6, 6.07) is 8.01. The molecule has 1 aromatic carbocycles. The number of halogens is 1. The summed E-state index contributed by atoms with van der Waals surface area (Å²) in [6.07, 6.45) is 7.00. The zero-order valence-electron chi connectivity index (χ0n) is 13.7. The molecule has 1 aliphatic carbocycles. The Morgan fingerprint density at radius 2 is 1.88 bits per heavy atom. The topological polar surface area (TPSA) is 47.3 Å². The van der Waals surface area contributed by atoms with Crippen LogP contribution in [0.1, 0.15) is 30.9 Å². The van der Waals surface area contributed by atoms with Crippen LogP contribution in [0.25, 0.3) is 0 Å². The third-order valence-corrected chi connectivity index (χ3v) is 4.92. The molecular formula is C19H22FN3O. The van der Waals surface area contributed by atoms with Crippen LogP contribution in [0, 0.1) is 23.1 Å². The Morgan fingerprint density at radius 1 is 1.17 bits per heavy atom. The first kappa shape index (κ1) is 16.7. The average molecular weight is 327 g/mol. The number of allylic oxidation sites excluding steroid dienone is 2. The van der Waals surface area contributed by atoms with Gasteiger partial charge in [0.1, 0.15) is 11.9 Å². The van der Waals surface area contributed by atoms with Gasteiger partial charge in [-0.15, -0.1) is 0 Å². The van der Waals surface area contributed by atoms with E-state index in [1.807, 2.05) is 4.90 Å². The monoisotopic (exact) mass is 327 g/mol. The van der Waals surface area contributed by atoms with E-state index in [2.05, 4.69) is 23.1 Å². The lowest BCUT2D eigenvalue weighted by Gasteiger charge is -2.38. The van der Waals surface area contributed by atoms with Crippen LogP contribution in [0.15, 0.2) is 36.4 Å². The van der Waals surface area contributed by atoms with Gasteiger partial charge in [-0.1, -0.05) is 24.3 Å². The highest BCUT2D eigenvalue weighted by Gasteiger charge is 2.30. The molecule has 0 radical (unpaired) electrons. The summed E-state index contributed by atoms with van der Waals surface area (Å²) in [5.74, 6) is 0.0621. The number of rotatable bonds is 3. The zero-order valence-corrected chi connectivity index (χ0v) is 13.7. The highest BCUT2D eigenvalue weighted by molar-refractivity contribution is 5.79. The lowest BCUT2D eigenvalue weighted by atomic mass is 9.93. The molecule has 0 bridgehead atoms. The smallest absolute Gasteiger partial charge is 0.226 e. The molecule has 2 atom stereocenters. The predicted molar refractivity (Wildman–Crippen MR) is 89.4 cm³/mol. The van der Waals surface area contributed by atoms with Crippen LogP contribution < -0.4 is 0 Å². The molecule has 0 unspecified atom stereocenters. The SMILES string of the molecule is N#C[C@H](c1ccc(F)cc1)N1CCN(C(=O)[C@@H]2CC=CCC2)CC1. The molecule has 3 rings (SSSR count). The molecule has 1 aromatic rings. The summed E-state index contributed by atoms with van der Waals surface area (Å²) in [6.45, 7) is 2.64. The van der Waals surface area contributed by atoms with Gasteiger partial charge < -0.3 is 4.90 Å². The van der Waals surface area contributed by atoms with Crippen molar-refractivity contribution in [3.05, 3.63) is 47.8 Å². The molecule has 0 saturated carbocycles. The van der Waals surface area contributed by atoms with Crippen molar-refractivity contribution in [2.45, 2.75) is 25.3 Å². The van der Waals surface area contributed by atoms with Crippen LogP contribution in [0.5, 0.6) is 0 Å². The lowest BCUT2D eigenvalue weighted by molar-refractivity contribution is -0.137. The maximum Gasteiger partial charge on any atom is 0.226 e. The maximum absolute atomic E-state index is 13.1. The fraction of sp³-hybridized carbons (Fsp3) is 0.474. The van der Waals surface area contributed by atoms with Crippen LogP contribution in [0.2, 0.25) is 0 Å². The molecule has 1 saturated heterocycles. The number of benzene rings is 1. The van der Waals surface area contributed by atoms with E-state index in [0.717, 1.165) is 24.8 Å². The molecule has 1 fully saturated rings. The van der Waals surface area contributed by atoms with E-state index in [-0.39, 0.29) is 23.7 Å². The molecule has 126 valence electrons. The predicted octanol–water partition coefficient (Wildman–Crippen LogP) is 2.89. The van der Waals surface area contributed by atoms with Gasteiger partial charge in [-0.05, 0) is 37.0 Å². The van der Waals surface area contributed by atoms with Gasteiger partial charge in [0.25, 0.3) is 0 Å². The van der Waals surface area contributed by atoms with Gasteiger partial charge in [-0.25, -0.2) is 4.39 Å². The normalized spacial score (nSPS) is 22.8. The van der Waals surface area contributed by atoms with Gasteiger partial charge in [0.05, 0.1) is 6.07 Å². The van der Waals surface area contributed by atoms with Crippen molar-refractivity contribution in [1.82, 2.24) is 9.80 Å². The number of amides is 1. The second kappa shape index (κ2) is 7.59. The Bertz CT molecular complexity index is 642. The van der Waals surface area contributed by atoms with Gasteiger partial charge in [0, 0.05) is 32.1 Å². The molecule has 5 heteroatoms. The van der Waals surface area contributed by atoms with E-state index in [1.165, 1.54) is 12.1 Å². The van der Waals surface area contributed by atoms with Crippen molar-refractivity contribution >= 4 is 5.91 Å². The summed E-state index contributed by atoms with van der Waals surface area (Å²) in [7, 11) is 0. The first-order valence-electron chi connectivity index (χ1n) is 8.52. The minimum Gasteiger partial charge on any atom is -0.340 e. The largest absolute Gasteiger partial charge is 0.340 e. The van der Waals surface area contributed by atoms with Crippen LogP contribution >= 0.6 is 0 Å². The van der Waals surface area contributed by atoms with Crippen LogP contribution in [-0.4, -0.2) is 41.9 Å². The van der Waals surface area contributed by atoms with Crippen molar-refractivity contribution < 1.29 is 9.18 Å².